The number of halogens is 1. The summed E-state index contributed by atoms with van der Waals surface area (Å²) in [7, 11) is 0. The zero-order valence-corrected chi connectivity index (χ0v) is 16.6. The molecule has 0 radical (unpaired) electrons. The first-order valence-electron chi connectivity index (χ1n) is 7.88. The second-order valence-electron chi connectivity index (χ2n) is 5.38. The first-order chi connectivity index (χ1) is 12.2. The maximum absolute atomic E-state index is 9.48. The van der Waals surface area contributed by atoms with Crippen molar-refractivity contribution in [3.05, 3.63) is 74.3 Å². The first kappa shape index (κ1) is 17.6. The molecule has 0 aliphatic rings. The molecule has 0 bridgehead atoms. The number of hydrogen-bond acceptors (Lipinski definition) is 4. The molecule has 1 heterocycles. The molecule has 0 unspecified atom stereocenters. The first-order valence-corrected chi connectivity index (χ1v) is 9.83. The fourth-order valence-corrected chi connectivity index (χ4v) is 3.65. The molecule has 0 atom stereocenters. The van der Waals surface area contributed by atoms with Crippen LogP contribution in [0.5, 0.6) is 0 Å². The van der Waals surface area contributed by atoms with E-state index in [-0.39, 0.29) is 0 Å². The fraction of sp³-hybridized carbons (Fsp3) is 0.100. The Bertz CT molecular complexity index is 936. The van der Waals surface area contributed by atoms with Gasteiger partial charge in [-0.1, -0.05) is 43.3 Å². The number of aromatic nitrogens is 1. The second kappa shape index (κ2) is 8.28. The van der Waals surface area contributed by atoms with Gasteiger partial charge in [-0.3, -0.25) is 0 Å². The Hall–Kier alpha value is -2.17. The van der Waals surface area contributed by atoms with Gasteiger partial charge in [0.25, 0.3) is 0 Å². The molecule has 1 aromatic heterocycles. The minimum absolute atomic E-state index is 0.529. The van der Waals surface area contributed by atoms with Gasteiger partial charge in [0.1, 0.15) is 16.6 Å². The van der Waals surface area contributed by atoms with Crippen molar-refractivity contribution in [3.63, 3.8) is 0 Å². The summed E-state index contributed by atoms with van der Waals surface area (Å²) in [4.78, 5) is 4.63. The maximum atomic E-state index is 9.48. The predicted octanol–water partition coefficient (Wildman–Crippen LogP) is 5.95. The Morgan fingerprint density at radius 1 is 1.24 bits per heavy atom. The van der Waals surface area contributed by atoms with Crippen LogP contribution in [0.1, 0.15) is 17.5 Å². The van der Waals surface area contributed by atoms with Gasteiger partial charge in [-0.2, -0.15) is 5.26 Å². The highest BCUT2D eigenvalue weighted by Crippen LogP contribution is 2.27. The third-order valence-corrected chi connectivity index (χ3v) is 5.58. The van der Waals surface area contributed by atoms with Crippen molar-refractivity contribution in [1.82, 2.24) is 4.98 Å². The summed E-state index contributed by atoms with van der Waals surface area (Å²) in [6.07, 6.45) is 2.74. The molecule has 3 nitrogen and oxygen atoms in total. The molecular weight excluding hydrogens is 441 g/mol. The summed E-state index contributed by atoms with van der Waals surface area (Å²) in [6.45, 7) is 2.14. The molecule has 5 heteroatoms. The summed E-state index contributed by atoms with van der Waals surface area (Å²) in [6, 6.07) is 18.6. The third-order valence-electron chi connectivity index (χ3n) is 3.76. The zero-order valence-electron chi connectivity index (χ0n) is 13.7. The van der Waals surface area contributed by atoms with Crippen molar-refractivity contribution >= 4 is 45.2 Å². The van der Waals surface area contributed by atoms with Gasteiger partial charge >= 0.3 is 0 Å². The van der Waals surface area contributed by atoms with E-state index in [2.05, 4.69) is 70.2 Å². The SMILES string of the molecule is CCc1ccc(-c2csc(/C(C#N)=C/Nc3ccccc3I)n2)cc1. The number of rotatable bonds is 5. The van der Waals surface area contributed by atoms with E-state index in [1.165, 1.54) is 16.9 Å². The number of nitriles is 1. The van der Waals surface area contributed by atoms with Crippen molar-refractivity contribution < 1.29 is 0 Å². The molecule has 0 amide bonds. The highest BCUT2D eigenvalue weighted by molar-refractivity contribution is 14.1. The van der Waals surface area contributed by atoms with Gasteiger partial charge in [0.2, 0.25) is 0 Å². The van der Waals surface area contributed by atoms with Crippen LogP contribution in [0.25, 0.3) is 16.8 Å². The molecule has 0 spiro atoms. The lowest BCUT2D eigenvalue weighted by molar-refractivity contribution is 1.14. The smallest absolute Gasteiger partial charge is 0.136 e. The maximum Gasteiger partial charge on any atom is 0.136 e. The van der Waals surface area contributed by atoms with E-state index >= 15 is 0 Å². The number of nitrogens with one attached hydrogen (secondary N) is 1. The highest BCUT2D eigenvalue weighted by Gasteiger charge is 2.09. The lowest BCUT2D eigenvalue weighted by atomic mass is 10.1. The molecule has 0 fully saturated rings. The van der Waals surface area contributed by atoms with Crippen molar-refractivity contribution in [2.75, 3.05) is 5.32 Å². The van der Waals surface area contributed by atoms with Crippen LogP contribution >= 0.6 is 33.9 Å². The Labute approximate surface area is 165 Å². The monoisotopic (exact) mass is 457 g/mol. The van der Waals surface area contributed by atoms with E-state index in [1.807, 2.05) is 29.6 Å². The van der Waals surface area contributed by atoms with Crippen LogP contribution in [-0.4, -0.2) is 4.98 Å². The second-order valence-corrected chi connectivity index (χ2v) is 7.40. The Morgan fingerprint density at radius 3 is 2.68 bits per heavy atom. The molecule has 2 aromatic carbocycles. The number of nitrogens with zero attached hydrogens (tertiary/aromatic N) is 2. The van der Waals surface area contributed by atoms with Crippen LogP contribution in [0.2, 0.25) is 0 Å². The molecule has 0 aliphatic heterocycles. The fourth-order valence-electron chi connectivity index (χ4n) is 2.31. The molecule has 0 saturated heterocycles. The molecular formula is C20H16IN3S. The van der Waals surface area contributed by atoms with E-state index in [0.29, 0.717) is 5.57 Å². The van der Waals surface area contributed by atoms with Crippen molar-refractivity contribution in [3.8, 4) is 17.3 Å². The third kappa shape index (κ3) is 4.27. The lowest BCUT2D eigenvalue weighted by Crippen LogP contribution is -1.93. The van der Waals surface area contributed by atoms with Gasteiger partial charge < -0.3 is 5.32 Å². The van der Waals surface area contributed by atoms with Crippen molar-refractivity contribution in [2.24, 2.45) is 0 Å². The molecule has 0 saturated carbocycles. The number of allylic oxidation sites excluding steroid dienone is 1. The summed E-state index contributed by atoms with van der Waals surface area (Å²) < 4.78 is 1.10. The molecule has 25 heavy (non-hydrogen) atoms. The minimum atomic E-state index is 0.529. The number of thiazole rings is 1. The van der Waals surface area contributed by atoms with Gasteiger partial charge in [-0.25, -0.2) is 4.98 Å². The van der Waals surface area contributed by atoms with E-state index in [0.717, 1.165) is 31.9 Å². The number of para-hydroxylation sites is 1. The molecule has 3 rings (SSSR count). The molecule has 1 N–H and O–H groups in total. The van der Waals surface area contributed by atoms with Gasteiger partial charge in [-0.15, -0.1) is 11.3 Å². The zero-order chi connectivity index (χ0) is 17.6. The lowest BCUT2D eigenvalue weighted by Gasteiger charge is -2.03. The van der Waals surface area contributed by atoms with Crippen LogP contribution in [0, 0.1) is 14.9 Å². The Balaban J connectivity index is 1.82. The van der Waals surface area contributed by atoms with Crippen LogP contribution in [0.3, 0.4) is 0 Å². The topological polar surface area (TPSA) is 48.7 Å². The van der Waals surface area contributed by atoms with E-state index in [4.69, 9.17) is 0 Å². The largest absolute Gasteiger partial charge is 0.359 e. The standard InChI is InChI=1S/C20H16IN3S/c1-2-14-7-9-15(10-8-14)19-13-25-20(24-19)16(11-22)12-23-18-6-4-3-5-17(18)21/h3-10,12-13,23H,2H2,1H3/b16-12+. The summed E-state index contributed by atoms with van der Waals surface area (Å²) in [5.74, 6) is 0. The Morgan fingerprint density at radius 2 is 2.00 bits per heavy atom. The highest BCUT2D eigenvalue weighted by atomic mass is 127. The van der Waals surface area contributed by atoms with Crippen LogP contribution < -0.4 is 5.32 Å². The van der Waals surface area contributed by atoms with Gasteiger partial charge in [-0.05, 0) is 46.7 Å². The number of benzene rings is 2. The molecule has 124 valence electrons. The van der Waals surface area contributed by atoms with Crippen LogP contribution in [0.15, 0.2) is 60.1 Å². The molecule has 3 aromatic rings. The van der Waals surface area contributed by atoms with Gasteiger partial charge in [0, 0.05) is 20.7 Å². The van der Waals surface area contributed by atoms with Crippen molar-refractivity contribution in [2.45, 2.75) is 13.3 Å². The Kier molecular flexibility index (Phi) is 5.84. The average Bonchev–Trinajstić information content (AvgIpc) is 3.14. The summed E-state index contributed by atoms with van der Waals surface area (Å²) >= 11 is 3.75. The molecule has 0 aliphatic carbocycles. The van der Waals surface area contributed by atoms with Gasteiger partial charge in [0.15, 0.2) is 0 Å². The quantitative estimate of drug-likeness (QED) is 0.380. The van der Waals surface area contributed by atoms with Gasteiger partial charge in [0.05, 0.1) is 11.4 Å². The number of aryl methyl sites for hydroxylation is 1. The minimum Gasteiger partial charge on any atom is -0.359 e. The predicted molar refractivity (Wildman–Crippen MR) is 113 cm³/mol. The summed E-state index contributed by atoms with van der Waals surface area (Å²) in [5.41, 5.74) is 4.78. The van der Waals surface area contributed by atoms with Crippen LogP contribution in [-0.2, 0) is 6.42 Å². The van der Waals surface area contributed by atoms with Crippen molar-refractivity contribution in [1.29, 1.82) is 5.26 Å². The number of hydrogen-bond donors (Lipinski definition) is 1. The normalized spacial score (nSPS) is 11.2. The van der Waals surface area contributed by atoms with E-state index in [1.54, 1.807) is 6.20 Å². The van der Waals surface area contributed by atoms with E-state index in [9.17, 15) is 5.26 Å². The average molecular weight is 457 g/mol. The summed E-state index contributed by atoms with van der Waals surface area (Å²) in [5, 5.41) is 15.4. The number of anilines is 1. The van der Waals surface area contributed by atoms with Crippen LogP contribution in [0.4, 0.5) is 5.69 Å². The van der Waals surface area contributed by atoms with E-state index < -0.39 is 0 Å².